The number of halogens is 1. The summed E-state index contributed by atoms with van der Waals surface area (Å²) in [6, 6.07) is 20.5. The Hall–Kier alpha value is -3.20. The number of rotatable bonds is 8. The van der Waals surface area contributed by atoms with Crippen LogP contribution in [0, 0.1) is 0 Å². The third-order valence-corrected chi connectivity index (χ3v) is 8.07. The molecule has 3 aromatic rings. The van der Waals surface area contributed by atoms with Crippen molar-refractivity contribution in [3.63, 3.8) is 0 Å². The number of nitrogens with zero attached hydrogens (tertiary/aromatic N) is 1. The van der Waals surface area contributed by atoms with Gasteiger partial charge in [-0.05, 0) is 55.2 Å². The number of anilines is 1. The summed E-state index contributed by atoms with van der Waals surface area (Å²) in [5, 5.41) is 5.70. The summed E-state index contributed by atoms with van der Waals surface area (Å²) in [6.07, 6.45) is 2.30. The van der Waals surface area contributed by atoms with Gasteiger partial charge in [-0.15, -0.1) is 0 Å². The molecule has 0 aliphatic carbocycles. The molecule has 35 heavy (non-hydrogen) atoms. The van der Waals surface area contributed by atoms with Gasteiger partial charge in [-0.1, -0.05) is 54.1 Å². The lowest BCUT2D eigenvalue weighted by molar-refractivity contribution is 0.0955. The van der Waals surface area contributed by atoms with E-state index in [0.29, 0.717) is 37.3 Å². The molecule has 0 aromatic heterocycles. The van der Waals surface area contributed by atoms with Gasteiger partial charge in [-0.2, -0.15) is 4.31 Å². The van der Waals surface area contributed by atoms with E-state index in [2.05, 4.69) is 10.6 Å². The fourth-order valence-electron chi connectivity index (χ4n) is 3.96. The van der Waals surface area contributed by atoms with E-state index >= 15 is 0 Å². The highest BCUT2D eigenvalue weighted by atomic mass is 35.5. The Bertz CT molecular complexity index is 1320. The van der Waals surface area contributed by atoms with Gasteiger partial charge in [0.05, 0.1) is 26.7 Å². The monoisotopic (exact) mass is 511 g/mol. The summed E-state index contributed by atoms with van der Waals surface area (Å²) in [6.45, 7) is 1.35. The lowest BCUT2D eigenvalue weighted by atomic mass is 10.1. The van der Waals surface area contributed by atoms with E-state index in [9.17, 15) is 18.0 Å². The second-order valence-electron chi connectivity index (χ2n) is 8.24. The predicted octanol–water partition coefficient (Wildman–Crippen LogP) is 4.35. The molecular weight excluding hydrogens is 486 g/mol. The lowest BCUT2D eigenvalue weighted by Gasteiger charge is -2.17. The number of amides is 2. The van der Waals surface area contributed by atoms with Crippen molar-refractivity contribution in [3.05, 3.63) is 94.5 Å². The van der Waals surface area contributed by atoms with Crippen LogP contribution in [0.2, 0.25) is 5.02 Å². The van der Waals surface area contributed by atoms with Gasteiger partial charge in [-0.25, -0.2) is 8.42 Å². The smallest absolute Gasteiger partial charge is 0.257 e. The maximum absolute atomic E-state index is 13.1. The minimum absolute atomic E-state index is 0.0147. The number of benzene rings is 3. The molecule has 0 radical (unpaired) electrons. The molecule has 0 bridgehead atoms. The van der Waals surface area contributed by atoms with Crippen molar-refractivity contribution in [2.24, 2.45) is 0 Å². The number of para-hydroxylation sites is 1. The molecule has 1 fully saturated rings. The first-order valence-corrected chi connectivity index (χ1v) is 13.2. The van der Waals surface area contributed by atoms with Crippen LogP contribution >= 0.6 is 11.6 Å². The highest BCUT2D eigenvalue weighted by Gasteiger charge is 2.28. The number of carbonyl (C=O) groups is 2. The van der Waals surface area contributed by atoms with Crippen LogP contribution in [0.5, 0.6) is 0 Å². The van der Waals surface area contributed by atoms with Gasteiger partial charge in [0.15, 0.2) is 0 Å². The van der Waals surface area contributed by atoms with Crippen LogP contribution < -0.4 is 10.6 Å². The first-order valence-electron chi connectivity index (χ1n) is 11.4. The summed E-state index contributed by atoms with van der Waals surface area (Å²) in [5.74, 6) is -0.925. The molecule has 9 heteroatoms. The van der Waals surface area contributed by atoms with E-state index in [4.69, 9.17) is 11.6 Å². The van der Waals surface area contributed by atoms with Crippen molar-refractivity contribution in [2.75, 3.05) is 25.0 Å². The minimum Gasteiger partial charge on any atom is -0.352 e. The van der Waals surface area contributed by atoms with Gasteiger partial charge >= 0.3 is 0 Å². The van der Waals surface area contributed by atoms with E-state index in [0.717, 1.165) is 18.4 Å². The standard InChI is InChI=1S/C26H26ClN3O4S/c27-23-13-12-20(35(33,34)30-16-6-7-17-30)18-22(23)26(32)29-24-11-5-4-10-21(24)25(31)28-15-14-19-8-2-1-3-9-19/h1-5,8-13,18H,6-7,14-17H2,(H,28,31)(H,29,32). The van der Waals surface area contributed by atoms with Crippen molar-refractivity contribution in [3.8, 4) is 0 Å². The molecule has 182 valence electrons. The Kier molecular flexibility index (Phi) is 7.85. The van der Waals surface area contributed by atoms with Crippen LogP contribution in [0.25, 0.3) is 0 Å². The van der Waals surface area contributed by atoms with Crippen LogP contribution in [0.3, 0.4) is 0 Å². The Morgan fingerprint density at radius 3 is 2.29 bits per heavy atom. The molecule has 0 saturated carbocycles. The van der Waals surface area contributed by atoms with Gasteiger partial charge < -0.3 is 10.6 Å². The highest BCUT2D eigenvalue weighted by Crippen LogP contribution is 2.26. The predicted molar refractivity (Wildman–Crippen MR) is 136 cm³/mol. The average Bonchev–Trinajstić information content (AvgIpc) is 3.41. The van der Waals surface area contributed by atoms with E-state index in [1.54, 1.807) is 24.3 Å². The zero-order chi connectivity index (χ0) is 24.8. The SMILES string of the molecule is O=C(Nc1ccccc1C(=O)NCCc1ccccc1)c1cc(S(=O)(=O)N2CCCC2)ccc1Cl. The van der Waals surface area contributed by atoms with Crippen molar-refractivity contribution in [1.29, 1.82) is 0 Å². The summed E-state index contributed by atoms with van der Waals surface area (Å²) in [5.41, 5.74) is 1.73. The maximum atomic E-state index is 13.1. The van der Waals surface area contributed by atoms with Gasteiger partial charge in [-0.3, -0.25) is 9.59 Å². The van der Waals surface area contributed by atoms with Crippen molar-refractivity contribution in [1.82, 2.24) is 9.62 Å². The molecule has 4 rings (SSSR count). The molecule has 1 heterocycles. The molecule has 1 saturated heterocycles. The second-order valence-corrected chi connectivity index (χ2v) is 10.6. The summed E-state index contributed by atoms with van der Waals surface area (Å²) in [7, 11) is -3.71. The Labute approximate surface area is 210 Å². The van der Waals surface area contributed by atoms with Crippen LogP contribution in [0.4, 0.5) is 5.69 Å². The molecule has 7 nitrogen and oxygen atoms in total. The van der Waals surface area contributed by atoms with Crippen molar-refractivity contribution >= 4 is 39.1 Å². The third kappa shape index (κ3) is 5.90. The Balaban J connectivity index is 1.49. The van der Waals surface area contributed by atoms with Gasteiger partial charge in [0, 0.05) is 19.6 Å². The molecule has 2 amide bonds. The molecule has 1 aliphatic rings. The van der Waals surface area contributed by atoms with E-state index in [1.165, 1.54) is 22.5 Å². The topological polar surface area (TPSA) is 95.6 Å². The molecule has 2 N–H and O–H groups in total. The first-order chi connectivity index (χ1) is 16.9. The van der Waals surface area contributed by atoms with Gasteiger partial charge in [0.25, 0.3) is 11.8 Å². The quantitative estimate of drug-likeness (QED) is 0.470. The number of carbonyl (C=O) groups excluding carboxylic acids is 2. The largest absolute Gasteiger partial charge is 0.352 e. The lowest BCUT2D eigenvalue weighted by Crippen LogP contribution is -2.28. The minimum atomic E-state index is -3.71. The van der Waals surface area contributed by atoms with E-state index in [1.807, 2.05) is 30.3 Å². The molecular formula is C26H26ClN3O4S. The first kappa shape index (κ1) is 24.9. The fourth-order valence-corrected chi connectivity index (χ4v) is 5.70. The zero-order valence-corrected chi connectivity index (χ0v) is 20.6. The normalized spacial score (nSPS) is 14.0. The zero-order valence-electron chi connectivity index (χ0n) is 19.0. The van der Waals surface area contributed by atoms with Crippen LogP contribution in [0.15, 0.2) is 77.7 Å². The Morgan fingerprint density at radius 2 is 1.54 bits per heavy atom. The summed E-state index contributed by atoms with van der Waals surface area (Å²) in [4.78, 5) is 25.9. The Morgan fingerprint density at radius 1 is 0.857 bits per heavy atom. The maximum Gasteiger partial charge on any atom is 0.257 e. The van der Waals surface area contributed by atoms with Crippen molar-refractivity contribution in [2.45, 2.75) is 24.2 Å². The van der Waals surface area contributed by atoms with Crippen LogP contribution in [0.1, 0.15) is 39.1 Å². The van der Waals surface area contributed by atoms with Gasteiger partial charge in [0.1, 0.15) is 0 Å². The number of hydrogen-bond donors (Lipinski definition) is 2. The van der Waals surface area contributed by atoms with Gasteiger partial charge in [0.2, 0.25) is 10.0 Å². The molecule has 3 aromatic carbocycles. The molecule has 1 aliphatic heterocycles. The third-order valence-electron chi connectivity index (χ3n) is 5.85. The molecule has 0 spiro atoms. The van der Waals surface area contributed by atoms with E-state index < -0.39 is 15.9 Å². The van der Waals surface area contributed by atoms with Crippen LogP contribution in [-0.2, 0) is 16.4 Å². The summed E-state index contributed by atoms with van der Waals surface area (Å²) < 4.78 is 27.3. The van der Waals surface area contributed by atoms with Crippen LogP contribution in [-0.4, -0.2) is 44.2 Å². The number of sulfonamides is 1. The van der Waals surface area contributed by atoms with Crippen molar-refractivity contribution < 1.29 is 18.0 Å². The second kappa shape index (κ2) is 11.0. The highest BCUT2D eigenvalue weighted by molar-refractivity contribution is 7.89. The molecule has 0 unspecified atom stereocenters. The molecule has 0 atom stereocenters. The number of hydrogen-bond acceptors (Lipinski definition) is 4. The number of nitrogens with one attached hydrogen (secondary N) is 2. The average molecular weight is 512 g/mol. The summed E-state index contributed by atoms with van der Waals surface area (Å²) >= 11 is 6.25. The van der Waals surface area contributed by atoms with E-state index in [-0.39, 0.29) is 21.4 Å². The fraction of sp³-hybridized carbons (Fsp3) is 0.231.